The summed E-state index contributed by atoms with van der Waals surface area (Å²) in [5.41, 5.74) is 3.28. The van der Waals surface area contributed by atoms with E-state index in [2.05, 4.69) is 18.3 Å². The number of rotatable bonds is 8. The summed E-state index contributed by atoms with van der Waals surface area (Å²) in [5, 5.41) is 3.12. The van der Waals surface area contributed by atoms with Crippen LogP contribution in [-0.4, -0.2) is 19.1 Å². The van der Waals surface area contributed by atoms with Crippen molar-refractivity contribution in [3.8, 4) is 11.5 Å². The van der Waals surface area contributed by atoms with Crippen LogP contribution >= 0.6 is 0 Å². The predicted molar refractivity (Wildman–Crippen MR) is 105 cm³/mol. The molecule has 0 heterocycles. The largest absolute Gasteiger partial charge is 0.497 e. The van der Waals surface area contributed by atoms with Crippen LogP contribution in [0.15, 0.2) is 42.5 Å². The standard InChI is InChI=1S/C22H29NO3/c1-6-19(17-9-11-18(25-5)12-10-17)23-22(24)20(7-2)26-21-13-8-15(3)14-16(21)4/h8-14,19-20H,6-7H2,1-5H3,(H,23,24)/t19-,20-/m0/s1. The average Bonchev–Trinajstić information content (AvgIpc) is 2.65. The Morgan fingerprint density at radius 2 is 1.73 bits per heavy atom. The van der Waals surface area contributed by atoms with Crippen molar-refractivity contribution in [2.75, 3.05) is 7.11 Å². The smallest absolute Gasteiger partial charge is 0.261 e. The molecule has 0 fully saturated rings. The van der Waals surface area contributed by atoms with E-state index in [0.717, 1.165) is 29.0 Å². The molecule has 0 bridgehead atoms. The van der Waals surface area contributed by atoms with Gasteiger partial charge in [-0.3, -0.25) is 4.79 Å². The Kier molecular flexibility index (Phi) is 7.07. The van der Waals surface area contributed by atoms with Gasteiger partial charge in [0.25, 0.3) is 5.91 Å². The van der Waals surface area contributed by atoms with Crippen molar-refractivity contribution in [3.05, 3.63) is 59.2 Å². The van der Waals surface area contributed by atoms with Gasteiger partial charge in [0.05, 0.1) is 13.2 Å². The molecule has 0 spiro atoms. The van der Waals surface area contributed by atoms with E-state index in [4.69, 9.17) is 9.47 Å². The number of carbonyl (C=O) groups excluding carboxylic acids is 1. The highest BCUT2D eigenvalue weighted by atomic mass is 16.5. The van der Waals surface area contributed by atoms with Crippen LogP contribution in [0.25, 0.3) is 0 Å². The van der Waals surface area contributed by atoms with Crippen molar-refractivity contribution in [2.45, 2.75) is 52.7 Å². The van der Waals surface area contributed by atoms with Gasteiger partial charge >= 0.3 is 0 Å². The monoisotopic (exact) mass is 355 g/mol. The van der Waals surface area contributed by atoms with Crippen LogP contribution < -0.4 is 14.8 Å². The van der Waals surface area contributed by atoms with E-state index >= 15 is 0 Å². The van der Waals surface area contributed by atoms with Crippen LogP contribution in [0.2, 0.25) is 0 Å². The van der Waals surface area contributed by atoms with E-state index < -0.39 is 6.10 Å². The minimum atomic E-state index is -0.510. The Hall–Kier alpha value is -2.49. The first-order valence-corrected chi connectivity index (χ1v) is 9.16. The van der Waals surface area contributed by atoms with Crippen molar-refractivity contribution in [3.63, 3.8) is 0 Å². The molecule has 4 heteroatoms. The maximum Gasteiger partial charge on any atom is 0.261 e. The van der Waals surface area contributed by atoms with Gasteiger partial charge in [0.2, 0.25) is 0 Å². The fraction of sp³-hybridized carbons (Fsp3) is 0.409. The summed E-state index contributed by atoms with van der Waals surface area (Å²) in [5.74, 6) is 1.48. The molecular formula is C22H29NO3. The summed E-state index contributed by atoms with van der Waals surface area (Å²) in [4.78, 5) is 12.8. The van der Waals surface area contributed by atoms with Gasteiger partial charge in [-0.1, -0.05) is 43.7 Å². The molecule has 0 unspecified atom stereocenters. The summed E-state index contributed by atoms with van der Waals surface area (Å²) < 4.78 is 11.2. The molecule has 1 N–H and O–H groups in total. The van der Waals surface area contributed by atoms with Gasteiger partial charge in [-0.25, -0.2) is 0 Å². The highest BCUT2D eigenvalue weighted by Gasteiger charge is 2.22. The number of aryl methyl sites for hydroxylation is 2. The molecule has 0 aliphatic carbocycles. The van der Waals surface area contributed by atoms with E-state index in [1.165, 1.54) is 5.56 Å². The van der Waals surface area contributed by atoms with E-state index in [-0.39, 0.29) is 11.9 Å². The minimum absolute atomic E-state index is 0.0508. The molecule has 1 amide bonds. The van der Waals surface area contributed by atoms with E-state index in [0.29, 0.717) is 6.42 Å². The van der Waals surface area contributed by atoms with Gasteiger partial charge in [-0.05, 0) is 56.0 Å². The Labute approximate surface area is 156 Å². The third-order valence-electron chi connectivity index (χ3n) is 4.51. The van der Waals surface area contributed by atoms with Crippen LogP contribution in [0.5, 0.6) is 11.5 Å². The third kappa shape index (κ3) is 5.01. The van der Waals surface area contributed by atoms with Crippen molar-refractivity contribution in [2.24, 2.45) is 0 Å². The van der Waals surface area contributed by atoms with E-state index in [9.17, 15) is 4.79 Å². The molecule has 0 radical (unpaired) electrons. The topological polar surface area (TPSA) is 47.6 Å². The molecule has 0 saturated heterocycles. The maximum absolute atomic E-state index is 12.8. The third-order valence-corrected chi connectivity index (χ3v) is 4.51. The summed E-state index contributed by atoms with van der Waals surface area (Å²) >= 11 is 0. The van der Waals surface area contributed by atoms with Crippen LogP contribution in [0.4, 0.5) is 0 Å². The lowest BCUT2D eigenvalue weighted by Crippen LogP contribution is -2.40. The lowest BCUT2D eigenvalue weighted by atomic mass is 10.0. The molecule has 140 valence electrons. The second kappa shape index (κ2) is 9.27. The predicted octanol–water partition coefficient (Wildman–Crippen LogP) is 4.74. The van der Waals surface area contributed by atoms with Crippen molar-refractivity contribution in [1.82, 2.24) is 5.32 Å². The van der Waals surface area contributed by atoms with E-state index in [1.807, 2.05) is 57.2 Å². The summed E-state index contributed by atoms with van der Waals surface area (Å²) in [7, 11) is 1.64. The molecule has 4 nitrogen and oxygen atoms in total. The highest BCUT2D eigenvalue weighted by Crippen LogP contribution is 2.23. The number of nitrogens with one attached hydrogen (secondary N) is 1. The molecule has 0 aliphatic heterocycles. The van der Waals surface area contributed by atoms with Crippen molar-refractivity contribution < 1.29 is 14.3 Å². The number of hydrogen-bond acceptors (Lipinski definition) is 3. The molecule has 26 heavy (non-hydrogen) atoms. The zero-order valence-corrected chi connectivity index (χ0v) is 16.3. The average molecular weight is 355 g/mol. The number of carbonyl (C=O) groups is 1. The van der Waals surface area contributed by atoms with Gasteiger partial charge in [-0.15, -0.1) is 0 Å². The fourth-order valence-corrected chi connectivity index (χ4v) is 2.93. The zero-order chi connectivity index (χ0) is 19.1. The summed E-state index contributed by atoms with van der Waals surface area (Å²) in [6, 6.07) is 13.7. The van der Waals surface area contributed by atoms with Crippen molar-refractivity contribution in [1.29, 1.82) is 0 Å². The lowest BCUT2D eigenvalue weighted by Gasteiger charge is -2.23. The van der Waals surface area contributed by atoms with Crippen molar-refractivity contribution >= 4 is 5.91 Å². The Morgan fingerprint density at radius 3 is 2.27 bits per heavy atom. The number of methoxy groups -OCH3 is 1. The Balaban J connectivity index is 2.08. The first-order chi connectivity index (χ1) is 12.5. The van der Waals surface area contributed by atoms with Gasteiger partial charge in [0.15, 0.2) is 6.10 Å². The minimum Gasteiger partial charge on any atom is -0.497 e. The number of amides is 1. The molecule has 2 aromatic carbocycles. The SMILES string of the molecule is CC[C@H](Oc1ccc(C)cc1C)C(=O)N[C@@H](CC)c1ccc(OC)cc1. The molecule has 0 saturated carbocycles. The first kappa shape index (κ1) is 19.8. The Morgan fingerprint density at radius 1 is 1.04 bits per heavy atom. The zero-order valence-electron chi connectivity index (χ0n) is 16.3. The Bertz CT molecular complexity index is 725. The summed E-state index contributed by atoms with van der Waals surface area (Å²) in [6.07, 6.45) is 0.902. The van der Waals surface area contributed by atoms with Crippen LogP contribution in [0.3, 0.4) is 0 Å². The van der Waals surface area contributed by atoms with Gasteiger partial charge in [-0.2, -0.15) is 0 Å². The van der Waals surface area contributed by atoms with Crippen LogP contribution in [0.1, 0.15) is 49.4 Å². The second-order valence-corrected chi connectivity index (χ2v) is 6.53. The first-order valence-electron chi connectivity index (χ1n) is 9.16. The number of hydrogen-bond donors (Lipinski definition) is 1. The summed E-state index contributed by atoms with van der Waals surface area (Å²) in [6.45, 7) is 8.06. The number of ether oxygens (including phenoxy) is 2. The van der Waals surface area contributed by atoms with E-state index in [1.54, 1.807) is 7.11 Å². The molecule has 0 aliphatic rings. The van der Waals surface area contributed by atoms with Gasteiger partial charge < -0.3 is 14.8 Å². The fourth-order valence-electron chi connectivity index (χ4n) is 2.93. The van der Waals surface area contributed by atoms with Gasteiger partial charge in [0.1, 0.15) is 11.5 Å². The lowest BCUT2D eigenvalue weighted by molar-refractivity contribution is -0.129. The highest BCUT2D eigenvalue weighted by molar-refractivity contribution is 5.81. The van der Waals surface area contributed by atoms with Gasteiger partial charge in [0, 0.05) is 0 Å². The second-order valence-electron chi connectivity index (χ2n) is 6.53. The molecular weight excluding hydrogens is 326 g/mol. The van der Waals surface area contributed by atoms with Crippen LogP contribution in [0, 0.1) is 13.8 Å². The normalized spacial score (nSPS) is 13.0. The molecule has 2 aromatic rings. The molecule has 0 aromatic heterocycles. The molecule has 2 atom stereocenters. The van der Waals surface area contributed by atoms with Crippen LogP contribution in [-0.2, 0) is 4.79 Å². The molecule has 2 rings (SSSR count). The maximum atomic E-state index is 12.8. The number of benzene rings is 2. The quantitative estimate of drug-likeness (QED) is 0.744.